The highest BCUT2D eigenvalue weighted by atomic mass is 35.5. The number of carbonyl (C=O) groups excluding carboxylic acids is 1. The lowest BCUT2D eigenvalue weighted by atomic mass is 9.84. The number of fused-ring (bicyclic) bond motifs is 2. The van der Waals surface area contributed by atoms with Crippen molar-refractivity contribution >= 4 is 56.6 Å². The first kappa shape index (κ1) is 28.0. The standard InChI is InChI=1S/C38H29Cl2N3O/c1-23(44)41-31-18-16-27(39)20-26(31)21-34-36(30-22-28(40)17-19-33(30)42-34)37-29-14-8-9-15-32(29)43-38(37)35(24-10-4-2-5-11-24)25-12-6-3-7-13-25/h2-20,22,35,42-43H,21H2,1H3,(H,41,44). The number of aromatic amines is 2. The van der Waals surface area contributed by atoms with Crippen LogP contribution in [0.3, 0.4) is 0 Å². The van der Waals surface area contributed by atoms with Crippen molar-refractivity contribution in [2.45, 2.75) is 19.3 Å². The molecular formula is C38H29Cl2N3O. The molecule has 44 heavy (non-hydrogen) atoms. The molecule has 4 nitrogen and oxygen atoms in total. The Morgan fingerprint density at radius 3 is 2.00 bits per heavy atom. The summed E-state index contributed by atoms with van der Waals surface area (Å²) < 4.78 is 0. The number of nitrogens with one attached hydrogen (secondary N) is 3. The second-order valence-corrected chi connectivity index (χ2v) is 11.9. The Balaban J connectivity index is 1.54. The fraction of sp³-hybridized carbons (Fsp3) is 0.0789. The average molecular weight is 615 g/mol. The molecule has 6 heteroatoms. The molecule has 0 aliphatic carbocycles. The van der Waals surface area contributed by atoms with Crippen LogP contribution in [0.4, 0.5) is 5.69 Å². The van der Waals surface area contributed by atoms with Gasteiger partial charge in [-0.15, -0.1) is 0 Å². The molecule has 0 bridgehead atoms. The van der Waals surface area contributed by atoms with Crippen LogP contribution in [-0.4, -0.2) is 15.9 Å². The van der Waals surface area contributed by atoms with Crippen LogP contribution in [0.1, 0.15) is 40.9 Å². The maximum atomic E-state index is 12.1. The van der Waals surface area contributed by atoms with Crippen LogP contribution >= 0.6 is 23.2 Å². The Morgan fingerprint density at radius 1 is 0.682 bits per heavy atom. The molecule has 0 saturated heterocycles. The Kier molecular flexibility index (Phi) is 7.47. The summed E-state index contributed by atoms with van der Waals surface area (Å²) in [6.07, 6.45) is 0.512. The lowest BCUT2D eigenvalue weighted by Crippen LogP contribution is -2.09. The molecule has 0 aliphatic rings. The molecule has 3 N–H and O–H groups in total. The van der Waals surface area contributed by atoms with Gasteiger partial charge in [-0.05, 0) is 59.2 Å². The number of carbonyl (C=O) groups is 1. The zero-order chi connectivity index (χ0) is 30.2. The summed E-state index contributed by atoms with van der Waals surface area (Å²) in [6, 6.07) is 41.2. The van der Waals surface area contributed by atoms with Gasteiger partial charge in [0.25, 0.3) is 0 Å². The molecule has 0 radical (unpaired) electrons. The van der Waals surface area contributed by atoms with Crippen LogP contribution in [0.15, 0.2) is 121 Å². The predicted octanol–water partition coefficient (Wildman–Crippen LogP) is 10.4. The minimum absolute atomic E-state index is 0.0575. The number of H-pyrrole nitrogens is 2. The molecule has 2 heterocycles. The number of hydrogen-bond acceptors (Lipinski definition) is 1. The van der Waals surface area contributed by atoms with E-state index < -0.39 is 0 Å². The number of benzene rings is 5. The van der Waals surface area contributed by atoms with Crippen LogP contribution in [0.2, 0.25) is 10.0 Å². The Labute approximate surface area is 265 Å². The third-order valence-electron chi connectivity index (χ3n) is 8.12. The summed E-state index contributed by atoms with van der Waals surface area (Å²) in [5.74, 6) is -0.192. The summed E-state index contributed by atoms with van der Waals surface area (Å²) in [7, 11) is 0. The van der Waals surface area contributed by atoms with E-state index in [2.05, 4.69) is 100 Å². The summed E-state index contributed by atoms with van der Waals surface area (Å²) in [6.45, 7) is 1.51. The van der Waals surface area contributed by atoms with E-state index in [1.54, 1.807) is 6.07 Å². The van der Waals surface area contributed by atoms with Crippen molar-refractivity contribution < 1.29 is 4.79 Å². The number of para-hydroxylation sites is 1. The van der Waals surface area contributed by atoms with E-state index in [9.17, 15) is 4.79 Å². The minimum atomic E-state index is -0.135. The van der Waals surface area contributed by atoms with Crippen molar-refractivity contribution in [2.75, 3.05) is 5.32 Å². The van der Waals surface area contributed by atoms with Crippen LogP contribution in [-0.2, 0) is 11.2 Å². The number of halogens is 2. The van der Waals surface area contributed by atoms with Gasteiger partial charge in [0.05, 0.1) is 0 Å². The fourth-order valence-electron chi connectivity index (χ4n) is 6.31. The summed E-state index contributed by atoms with van der Waals surface area (Å²) >= 11 is 13.1. The van der Waals surface area contributed by atoms with Gasteiger partial charge in [-0.2, -0.15) is 0 Å². The molecular weight excluding hydrogens is 585 g/mol. The first-order chi connectivity index (χ1) is 21.5. The summed E-state index contributed by atoms with van der Waals surface area (Å²) in [5, 5.41) is 6.40. The largest absolute Gasteiger partial charge is 0.358 e. The predicted molar refractivity (Wildman–Crippen MR) is 183 cm³/mol. The Hall–Kier alpha value is -4.77. The third kappa shape index (κ3) is 5.28. The highest BCUT2D eigenvalue weighted by Gasteiger charge is 2.28. The number of hydrogen-bond donors (Lipinski definition) is 3. The smallest absolute Gasteiger partial charge is 0.221 e. The molecule has 0 saturated carbocycles. The second kappa shape index (κ2) is 11.7. The van der Waals surface area contributed by atoms with E-state index in [0.29, 0.717) is 16.5 Å². The van der Waals surface area contributed by atoms with Crippen LogP contribution < -0.4 is 5.32 Å². The van der Waals surface area contributed by atoms with E-state index in [-0.39, 0.29) is 11.8 Å². The lowest BCUT2D eigenvalue weighted by Gasteiger charge is -2.20. The molecule has 0 aliphatic heterocycles. The third-order valence-corrected chi connectivity index (χ3v) is 8.59. The molecule has 0 unspecified atom stereocenters. The van der Waals surface area contributed by atoms with Crippen molar-refractivity contribution in [3.63, 3.8) is 0 Å². The van der Waals surface area contributed by atoms with E-state index in [1.807, 2.05) is 30.3 Å². The number of rotatable bonds is 7. The van der Waals surface area contributed by atoms with Gasteiger partial charge in [0, 0.05) is 79.3 Å². The molecule has 7 rings (SSSR count). The molecule has 0 atom stereocenters. The molecule has 5 aromatic carbocycles. The first-order valence-electron chi connectivity index (χ1n) is 14.5. The molecule has 7 aromatic rings. The topological polar surface area (TPSA) is 60.7 Å². The van der Waals surface area contributed by atoms with E-state index >= 15 is 0 Å². The average Bonchev–Trinajstić information content (AvgIpc) is 3.56. The monoisotopic (exact) mass is 613 g/mol. The maximum absolute atomic E-state index is 12.1. The molecule has 1 amide bonds. The molecule has 0 fully saturated rings. The number of amides is 1. The highest BCUT2D eigenvalue weighted by molar-refractivity contribution is 6.31. The Bertz CT molecular complexity index is 2090. The van der Waals surface area contributed by atoms with Gasteiger partial charge in [-0.25, -0.2) is 0 Å². The van der Waals surface area contributed by atoms with Gasteiger partial charge in [0.2, 0.25) is 5.91 Å². The van der Waals surface area contributed by atoms with E-state index in [1.165, 1.54) is 18.1 Å². The van der Waals surface area contributed by atoms with Crippen molar-refractivity contribution in [2.24, 2.45) is 0 Å². The normalized spacial score (nSPS) is 11.5. The van der Waals surface area contributed by atoms with Gasteiger partial charge >= 0.3 is 0 Å². The van der Waals surface area contributed by atoms with Crippen molar-refractivity contribution in [3.8, 4) is 11.1 Å². The van der Waals surface area contributed by atoms with Gasteiger partial charge in [-0.3, -0.25) is 4.79 Å². The van der Waals surface area contributed by atoms with Crippen molar-refractivity contribution in [1.29, 1.82) is 0 Å². The highest BCUT2D eigenvalue weighted by Crippen LogP contribution is 2.46. The molecule has 2 aromatic heterocycles. The van der Waals surface area contributed by atoms with Crippen LogP contribution in [0, 0.1) is 0 Å². The fourth-order valence-corrected chi connectivity index (χ4v) is 6.68. The quantitative estimate of drug-likeness (QED) is 0.164. The van der Waals surface area contributed by atoms with Gasteiger partial charge in [0.1, 0.15) is 0 Å². The number of anilines is 1. The van der Waals surface area contributed by atoms with Gasteiger partial charge in [0.15, 0.2) is 0 Å². The SMILES string of the molecule is CC(=O)Nc1ccc(Cl)cc1Cc1[nH]c2ccc(Cl)cc2c1-c1c(C(c2ccccc2)c2ccccc2)[nH]c2ccccc12. The molecule has 0 spiro atoms. The zero-order valence-corrected chi connectivity index (χ0v) is 25.5. The van der Waals surface area contributed by atoms with Gasteiger partial charge < -0.3 is 15.3 Å². The number of aromatic nitrogens is 2. The second-order valence-electron chi connectivity index (χ2n) is 11.0. The molecule has 216 valence electrons. The van der Waals surface area contributed by atoms with Crippen molar-refractivity contribution in [1.82, 2.24) is 9.97 Å². The zero-order valence-electron chi connectivity index (χ0n) is 24.0. The van der Waals surface area contributed by atoms with Crippen LogP contribution in [0.5, 0.6) is 0 Å². The van der Waals surface area contributed by atoms with E-state index in [0.717, 1.165) is 55.6 Å². The Morgan fingerprint density at radius 2 is 1.30 bits per heavy atom. The first-order valence-corrected chi connectivity index (χ1v) is 15.3. The van der Waals surface area contributed by atoms with Gasteiger partial charge in [-0.1, -0.05) is 102 Å². The summed E-state index contributed by atoms with van der Waals surface area (Å²) in [4.78, 5) is 19.7. The lowest BCUT2D eigenvalue weighted by molar-refractivity contribution is -0.114. The summed E-state index contributed by atoms with van der Waals surface area (Å²) in [5.41, 5.74) is 10.3. The minimum Gasteiger partial charge on any atom is -0.358 e. The van der Waals surface area contributed by atoms with Crippen LogP contribution in [0.25, 0.3) is 32.9 Å². The maximum Gasteiger partial charge on any atom is 0.221 e. The van der Waals surface area contributed by atoms with Crippen molar-refractivity contribution in [3.05, 3.63) is 159 Å². The van der Waals surface area contributed by atoms with E-state index in [4.69, 9.17) is 23.2 Å².